The van der Waals surface area contributed by atoms with E-state index in [0.717, 1.165) is 5.56 Å². The Morgan fingerprint density at radius 2 is 1.96 bits per heavy atom. The van der Waals surface area contributed by atoms with Crippen molar-refractivity contribution in [3.05, 3.63) is 64.7 Å². The van der Waals surface area contributed by atoms with Gasteiger partial charge in [-0.1, -0.05) is 48.9 Å². The second-order valence-corrected chi connectivity index (χ2v) is 5.74. The monoisotopic (exact) mass is 356 g/mol. The van der Waals surface area contributed by atoms with Crippen molar-refractivity contribution in [3.63, 3.8) is 0 Å². The van der Waals surface area contributed by atoms with Crippen molar-refractivity contribution in [3.8, 4) is 6.07 Å². The number of benzene rings is 2. The fourth-order valence-corrected chi connectivity index (χ4v) is 2.56. The van der Waals surface area contributed by atoms with Crippen molar-refractivity contribution >= 4 is 29.2 Å². The number of rotatable bonds is 6. The molecule has 6 heteroatoms. The number of nitrogens with one attached hydrogen (secondary N) is 1. The highest BCUT2D eigenvalue weighted by molar-refractivity contribution is 6.32. The molecule has 5 nitrogen and oxygen atoms in total. The van der Waals surface area contributed by atoms with Crippen LogP contribution < -0.4 is 5.32 Å². The van der Waals surface area contributed by atoms with E-state index in [1.54, 1.807) is 6.07 Å². The van der Waals surface area contributed by atoms with Crippen molar-refractivity contribution < 1.29 is 14.3 Å². The highest BCUT2D eigenvalue weighted by Gasteiger charge is 2.21. The number of esters is 1. The lowest BCUT2D eigenvalue weighted by atomic mass is 9.97. The van der Waals surface area contributed by atoms with Gasteiger partial charge in [0.2, 0.25) is 0 Å². The van der Waals surface area contributed by atoms with E-state index in [-0.39, 0.29) is 11.6 Å². The molecule has 1 amide bonds. The molecule has 0 radical (unpaired) electrons. The Morgan fingerprint density at radius 3 is 2.56 bits per heavy atom. The molecule has 0 fully saturated rings. The van der Waals surface area contributed by atoms with E-state index in [9.17, 15) is 9.59 Å². The molecule has 1 N–H and O–H groups in total. The molecule has 25 heavy (non-hydrogen) atoms. The van der Waals surface area contributed by atoms with Crippen molar-refractivity contribution in [1.82, 2.24) is 0 Å². The van der Waals surface area contributed by atoms with Crippen LogP contribution in [0.5, 0.6) is 0 Å². The Labute approximate surface area is 151 Å². The van der Waals surface area contributed by atoms with Crippen LogP contribution in [0.2, 0.25) is 5.02 Å². The fourth-order valence-electron chi connectivity index (χ4n) is 2.34. The van der Waals surface area contributed by atoms with Gasteiger partial charge in [0, 0.05) is 5.69 Å². The van der Waals surface area contributed by atoms with E-state index in [4.69, 9.17) is 21.6 Å². The Kier molecular flexibility index (Phi) is 6.55. The molecule has 0 heterocycles. The summed E-state index contributed by atoms with van der Waals surface area (Å²) < 4.78 is 5.12. The second-order valence-electron chi connectivity index (χ2n) is 5.33. The summed E-state index contributed by atoms with van der Waals surface area (Å²) in [5, 5.41) is 11.6. The number of halogens is 1. The summed E-state index contributed by atoms with van der Waals surface area (Å²) in [7, 11) is 0. The van der Waals surface area contributed by atoms with Crippen LogP contribution in [0.3, 0.4) is 0 Å². The van der Waals surface area contributed by atoms with E-state index in [0.29, 0.717) is 17.7 Å². The number of hydrogen-bond donors (Lipinski definition) is 1. The first kappa shape index (κ1) is 18.5. The molecule has 2 rings (SSSR count). The highest BCUT2D eigenvalue weighted by atomic mass is 35.5. The maximum Gasteiger partial charge on any atom is 0.313 e. The number of anilines is 1. The van der Waals surface area contributed by atoms with Crippen molar-refractivity contribution in [2.24, 2.45) is 0 Å². The predicted octanol–water partition coefficient (Wildman–Crippen LogP) is 3.89. The first-order valence-corrected chi connectivity index (χ1v) is 8.14. The van der Waals surface area contributed by atoms with Crippen LogP contribution >= 0.6 is 11.6 Å². The molecule has 0 aliphatic heterocycles. The number of ether oxygens (including phenoxy) is 1. The van der Waals surface area contributed by atoms with Gasteiger partial charge in [-0.3, -0.25) is 9.59 Å². The van der Waals surface area contributed by atoms with Crippen molar-refractivity contribution in [2.75, 3.05) is 11.9 Å². The van der Waals surface area contributed by atoms with Crippen LogP contribution in [0.1, 0.15) is 30.4 Å². The maximum absolute atomic E-state index is 12.2. The van der Waals surface area contributed by atoms with Gasteiger partial charge in [0.1, 0.15) is 6.07 Å². The minimum Gasteiger partial charge on any atom is -0.455 e. The largest absolute Gasteiger partial charge is 0.455 e. The lowest BCUT2D eigenvalue weighted by Gasteiger charge is -2.14. The van der Waals surface area contributed by atoms with Gasteiger partial charge in [0.25, 0.3) is 5.91 Å². The average molecular weight is 357 g/mol. The lowest BCUT2D eigenvalue weighted by molar-refractivity contribution is -0.149. The zero-order valence-electron chi connectivity index (χ0n) is 13.7. The van der Waals surface area contributed by atoms with Gasteiger partial charge >= 0.3 is 5.97 Å². The van der Waals surface area contributed by atoms with E-state index >= 15 is 0 Å². The number of carbonyl (C=O) groups is 2. The molecule has 1 atom stereocenters. The normalized spacial score (nSPS) is 11.2. The summed E-state index contributed by atoms with van der Waals surface area (Å²) in [5.74, 6) is -1.32. The van der Waals surface area contributed by atoms with E-state index in [1.165, 1.54) is 12.1 Å². The van der Waals surface area contributed by atoms with Gasteiger partial charge < -0.3 is 10.1 Å². The third-order valence-corrected chi connectivity index (χ3v) is 3.93. The first-order valence-electron chi connectivity index (χ1n) is 7.76. The third kappa shape index (κ3) is 5.07. The van der Waals surface area contributed by atoms with E-state index in [2.05, 4.69) is 5.32 Å². The predicted molar refractivity (Wildman–Crippen MR) is 95.2 cm³/mol. The molecular weight excluding hydrogens is 340 g/mol. The minimum atomic E-state index is -0.475. The lowest BCUT2D eigenvalue weighted by Crippen LogP contribution is -2.23. The summed E-state index contributed by atoms with van der Waals surface area (Å²) in [5.41, 5.74) is 1.61. The van der Waals surface area contributed by atoms with Crippen LogP contribution in [0, 0.1) is 11.3 Å². The van der Waals surface area contributed by atoms with Gasteiger partial charge in [0.05, 0.1) is 16.5 Å². The van der Waals surface area contributed by atoms with Crippen LogP contribution in [0.25, 0.3) is 0 Å². The first-order chi connectivity index (χ1) is 12.0. The Morgan fingerprint density at radius 1 is 1.24 bits per heavy atom. The summed E-state index contributed by atoms with van der Waals surface area (Å²) >= 11 is 5.91. The van der Waals surface area contributed by atoms with Gasteiger partial charge in [-0.15, -0.1) is 0 Å². The number of carbonyl (C=O) groups excluding carboxylic acids is 2. The third-order valence-electron chi connectivity index (χ3n) is 3.61. The summed E-state index contributed by atoms with van der Waals surface area (Å²) in [6.45, 7) is 1.50. The molecule has 128 valence electrons. The molecule has 2 aromatic carbocycles. The van der Waals surface area contributed by atoms with Crippen LogP contribution in [-0.4, -0.2) is 18.5 Å². The average Bonchev–Trinajstić information content (AvgIpc) is 2.62. The Bertz CT molecular complexity index is 800. The Hall–Kier alpha value is -2.84. The molecular formula is C19H17ClN2O3. The molecule has 0 aromatic heterocycles. The molecule has 0 aliphatic rings. The molecule has 0 spiro atoms. The Balaban J connectivity index is 1.92. The SMILES string of the molecule is CC[C@H](C(=O)OCC(=O)Nc1ccc(C#N)c(Cl)c1)c1ccccc1. The standard InChI is InChI=1S/C19H17ClN2O3/c1-2-16(13-6-4-3-5-7-13)19(24)25-12-18(23)22-15-9-8-14(11-21)17(20)10-15/h3-10,16H,2,12H2,1H3,(H,22,23)/t16-/m0/s1. The topological polar surface area (TPSA) is 79.2 Å². The number of nitriles is 1. The number of hydrogen-bond acceptors (Lipinski definition) is 4. The smallest absolute Gasteiger partial charge is 0.313 e. The van der Waals surface area contributed by atoms with Gasteiger partial charge in [-0.2, -0.15) is 5.26 Å². The van der Waals surface area contributed by atoms with E-state index in [1.807, 2.05) is 43.3 Å². The highest BCUT2D eigenvalue weighted by Crippen LogP contribution is 2.21. The van der Waals surface area contributed by atoms with Crippen LogP contribution in [0.15, 0.2) is 48.5 Å². The summed E-state index contributed by atoms with van der Waals surface area (Å²) in [4.78, 5) is 24.1. The summed E-state index contributed by atoms with van der Waals surface area (Å²) in [6.07, 6.45) is 0.579. The summed E-state index contributed by atoms with van der Waals surface area (Å²) in [6, 6.07) is 15.8. The second kappa shape index (κ2) is 8.86. The molecule has 2 aromatic rings. The molecule has 0 bridgehead atoms. The van der Waals surface area contributed by atoms with E-state index < -0.39 is 17.8 Å². The van der Waals surface area contributed by atoms with Crippen molar-refractivity contribution in [1.29, 1.82) is 5.26 Å². The molecule has 0 aliphatic carbocycles. The number of amides is 1. The fraction of sp³-hybridized carbons (Fsp3) is 0.211. The zero-order chi connectivity index (χ0) is 18.2. The molecule has 0 saturated heterocycles. The quantitative estimate of drug-likeness (QED) is 0.796. The zero-order valence-corrected chi connectivity index (χ0v) is 14.4. The minimum absolute atomic E-state index is 0.243. The molecule has 0 unspecified atom stereocenters. The van der Waals surface area contributed by atoms with Gasteiger partial charge in [-0.25, -0.2) is 0 Å². The van der Waals surface area contributed by atoms with Crippen LogP contribution in [0.4, 0.5) is 5.69 Å². The van der Waals surface area contributed by atoms with Crippen LogP contribution in [-0.2, 0) is 14.3 Å². The van der Waals surface area contributed by atoms with Gasteiger partial charge in [-0.05, 0) is 30.2 Å². The molecule has 0 saturated carbocycles. The van der Waals surface area contributed by atoms with Crippen molar-refractivity contribution in [2.45, 2.75) is 19.3 Å². The number of nitrogens with zero attached hydrogens (tertiary/aromatic N) is 1. The van der Waals surface area contributed by atoms with Gasteiger partial charge in [0.15, 0.2) is 6.61 Å². The maximum atomic E-state index is 12.2.